The van der Waals surface area contributed by atoms with Crippen molar-refractivity contribution in [3.8, 4) is 11.5 Å². The molecule has 7 heteroatoms. The van der Waals surface area contributed by atoms with Crippen molar-refractivity contribution in [3.63, 3.8) is 0 Å². The SMILES string of the molecule is CCOc1ccc(OCC)c(NCC(O)C(F)(F)F)c1. The largest absolute Gasteiger partial charge is 0.494 e. The van der Waals surface area contributed by atoms with E-state index in [1.165, 1.54) is 6.07 Å². The highest BCUT2D eigenvalue weighted by molar-refractivity contribution is 5.59. The highest BCUT2D eigenvalue weighted by atomic mass is 19.4. The number of benzene rings is 1. The zero-order valence-corrected chi connectivity index (χ0v) is 11.3. The average molecular weight is 293 g/mol. The van der Waals surface area contributed by atoms with Crippen molar-refractivity contribution in [2.24, 2.45) is 0 Å². The van der Waals surface area contributed by atoms with Crippen LogP contribution in [0.3, 0.4) is 0 Å². The molecule has 0 saturated carbocycles. The summed E-state index contributed by atoms with van der Waals surface area (Å²) in [6.07, 6.45) is -7.09. The molecular weight excluding hydrogens is 275 g/mol. The summed E-state index contributed by atoms with van der Waals surface area (Å²) in [5.74, 6) is 0.922. The molecule has 114 valence electrons. The van der Waals surface area contributed by atoms with Crippen LogP contribution in [0.25, 0.3) is 0 Å². The van der Waals surface area contributed by atoms with Crippen LogP contribution in [0.2, 0.25) is 0 Å². The topological polar surface area (TPSA) is 50.7 Å². The van der Waals surface area contributed by atoms with Crippen LogP contribution >= 0.6 is 0 Å². The summed E-state index contributed by atoms with van der Waals surface area (Å²) in [4.78, 5) is 0. The van der Waals surface area contributed by atoms with Crippen LogP contribution in [0, 0.1) is 0 Å². The number of hydrogen-bond donors (Lipinski definition) is 2. The third kappa shape index (κ3) is 4.80. The van der Waals surface area contributed by atoms with Crippen molar-refractivity contribution in [2.45, 2.75) is 26.1 Å². The van der Waals surface area contributed by atoms with Crippen LogP contribution in [-0.4, -0.2) is 37.1 Å². The lowest BCUT2D eigenvalue weighted by molar-refractivity contribution is -0.198. The number of halogens is 3. The Morgan fingerprint density at radius 2 is 1.85 bits per heavy atom. The Labute approximate surface area is 115 Å². The summed E-state index contributed by atoms with van der Waals surface area (Å²) in [7, 11) is 0. The Hall–Kier alpha value is -1.63. The van der Waals surface area contributed by atoms with Gasteiger partial charge in [0.25, 0.3) is 0 Å². The molecule has 20 heavy (non-hydrogen) atoms. The number of alkyl halides is 3. The minimum atomic E-state index is -4.66. The molecule has 0 saturated heterocycles. The normalized spacial score (nSPS) is 12.9. The molecule has 2 N–H and O–H groups in total. The molecule has 0 aromatic heterocycles. The maximum Gasteiger partial charge on any atom is 0.416 e. The monoisotopic (exact) mass is 293 g/mol. The molecule has 1 aromatic carbocycles. The minimum absolute atomic E-state index is 0.348. The Balaban J connectivity index is 2.81. The maximum absolute atomic E-state index is 12.3. The van der Waals surface area contributed by atoms with E-state index in [4.69, 9.17) is 14.6 Å². The van der Waals surface area contributed by atoms with Gasteiger partial charge in [-0.1, -0.05) is 0 Å². The van der Waals surface area contributed by atoms with Crippen LogP contribution in [0.5, 0.6) is 11.5 Å². The third-order valence-corrected chi connectivity index (χ3v) is 2.43. The Bertz CT molecular complexity index is 424. The second kappa shape index (κ2) is 7.23. The molecule has 0 radical (unpaired) electrons. The number of anilines is 1. The highest BCUT2D eigenvalue weighted by Crippen LogP contribution is 2.30. The number of aliphatic hydroxyl groups excluding tert-OH is 1. The minimum Gasteiger partial charge on any atom is -0.494 e. The first kappa shape index (κ1) is 16.4. The summed E-state index contributed by atoms with van der Waals surface area (Å²) in [6.45, 7) is 3.74. The van der Waals surface area contributed by atoms with Crippen LogP contribution in [0.15, 0.2) is 18.2 Å². The van der Waals surface area contributed by atoms with Crippen molar-refractivity contribution in [1.29, 1.82) is 0 Å². The van der Waals surface area contributed by atoms with Crippen LogP contribution in [-0.2, 0) is 0 Å². The van der Waals surface area contributed by atoms with Crippen molar-refractivity contribution in [1.82, 2.24) is 0 Å². The Kier molecular flexibility index (Phi) is 5.94. The molecule has 0 amide bonds. The summed E-state index contributed by atoms with van der Waals surface area (Å²) in [6, 6.07) is 4.81. The zero-order chi connectivity index (χ0) is 15.2. The third-order valence-electron chi connectivity index (χ3n) is 2.43. The number of rotatable bonds is 7. The molecule has 0 bridgehead atoms. The highest BCUT2D eigenvalue weighted by Gasteiger charge is 2.37. The molecule has 1 rings (SSSR count). The average Bonchev–Trinajstić information content (AvgIpc) is 2.37. The van der Waals surface area contributed by atoms with E-state index in [0.717, 1.165) is 0 Å². The molecule has 4 nitrogen and oxygen atoms in total. The number of hydrogen-bond acceptors (Lipinski definition) is 4. The van der Waals surface area contributed by atoms with Crippen LogP contribution < -0.4 is 14.8 Å². The summed E-state index contributed by atoms with van der Waals surface area (Å²) >= 11 is 0. The molecule has 0 aliphatic rings. The molecule has 0 heterocycles. The van der Waals surface area contributed by atoms with E-state index < -0.39 is 18.8 Å². The van der Waals surface area contributed by atoms with Gasteiger partial charge in [-0.15, -0.1) is 0 Å². The first-order valence-electron chi connectivity index (χ1n) is 6.26. The number of nitrogens with one attached hydrogen (secondary N) is 1. The molecule has 1 aromatic rings. The Morgan fingerprint density at radius 1 is 1.20 bits per heavy atom. The standard InChI is InChI=1S/C13H18F3NO3/c1-3-19-9-5-6-11(20-4-2)10(7-9)17-8-12(18)13(14,15)16/h5-7,12,17-18H,3-4,8H2,1-2H3. The van der Waals surface area contributed by atoms with Crippen molar-refractivity contribution in [3.05, 3.63) is 18.2 Å². The fraction of sp³-hybridized carbons (Fsp3) is 0.538. The summed E-state index contributed by atoms with van der Waals surface area (Å²) in [5, 5.41) is 11.5. The molecule has 1 unspecified atom stereocenters. The number of ether oxygens (including phenoxy) is 2. The molecular formula is C13H18F3NO3. The van der Waals surface area contributed by atoms with Gasteiger partial charge in [-0.05, 0) is 26.0 Å². The summed E-state index contributed by atoms with van der Waals surface area (Å²) < 4.78 is 47.3. The first-order chi connectivity index (χ1) is 9.38. The van der Waals surface area contributed by atoms with Gasteiger partial charge in [0.05, 0.1) is 18.9 Å². The van der Waals surface area contributed by atoms with Gasteiger partial charge in [0.2, 0.25) is 0 Å². The predicted octanol–water partition coefficient (Wildman–Crippen LogP) is 2.82. The second-order valence-electron chi connectivity index (χ2n) is 3.96. The van der Waals surface area contributed by atoms with Gasteiger partial charge in [-0.25, -0.2) is 0 Å². The molecule has 1 atom stereocenters. The van der Waals surface area contributed by atoms with Gasteiger partial charge in [0.15, 0.2) is 6.10 Å². The lowest BCUT2D eigenvalue weighted by Crippen LogP contribution is -2.35. The van der Waals surface area contributed by atoms with Gasteiger partial charge in [0, 0.05) is 12.6 Å². The molecule has 0 spiro atoms. The molecule has 0 fully saturated rings. The number of aliphatic hydroxyl groups is 1. The van der Waals surface area contributed by atoms with Gasteiger partial charge < -0.3 is 19.9 Å². The van der Waals surface area contributed by atoms with Gasteiger partial charge in [-0.3, -0.25) is 0 Å². The van der Waals surface area contributed by atoms with E-state index in [1.807, 2.05) is 0 Å². The van der Waals surface area contributed by atoms with Crippen molar-refractivity contribution in [2.75, 3.05) is 25.1 Å². The van der Waals surface area contributed by atoms with E-state index in [-0.39, 0.29) is 0 Å². The van der Waals surface area contributed by atoms with Crippen molar-refractivity contribution >= 4 is 5.69 Å². The van der Waals surface area contributed by atoms with E-state index in [1.54, 1.807) is 26.0 Å². The van der Waals surface area contributed by atoms with Crippen LogP contribution in [0.4, 0.5) is 18.9 Å². The fourth-order valence-electron chi connectivity index (χ4n) is 1.51. The maximum atomic E-state index is 12.3. The van der Waals surface area contributed by atoms with E-state index in [9.17, 15) is 13.2 Å². The predicted molar refractivity (Wildman–Crippen MR) is 69.3 cm³/mol. The fourth-order valence-corrected chi connectivity index (χ4v) is 1.51. The molecule has 0 aliphatic heterocycles. The molecule has 0 aliphatic carbocycles. The lowest BCUT2D eigenvalue weighted by Gasteiger charge is -2.18. The first-order valence-corrected chi connectivity index (χ1v) is 6.26. The van der Waals surface area contributed by atoms with Gasteiger partial charge >= 0.3 is 6.18 Å². The van der Waals surface area contributed by atoms with E-state index in [0.29, 0.717) is 30.4 Å². The lowest BCUT2D eigenvalue weighted by atomic mass is 10.2. The van der Waals surface area contributed by atoms with Crippen LogP contribution in [0.1, 0.15) is 13.8 Å². The van der Waals surface area contributed by atoms with Gasteiger partial charge in [0.1, 0.15) is 11.5 Å². The second-order valence-corrected chi connectivity index (χ2v) is 3.96. The quantitative estimate of drug-likeness (QED) is 0.811. The van der Waals surface area contributed by atoms with Crippen molar-refractivity contribution < 1.29 is 27.8 Å². The Morgan fingerprint density at radius 3 is 2.40 bits per heavy atom. The van der Waals surface area contributed by atoms with E-state index in [2.05, 4.69) is 5.32 Å². The zero-order valence-electron chi connectivity index (χ0n) is 11.3. The smallest absolute Gasteiger partial charge is 0.416 e. The van der Waals surface area contributed by atoms with Gasteiger partial charge in [-0.2, -0.15) is 13.2 Å². The summed E-state index contributed by atoms with van der Waals surface area (Å²) in [5.41, 5.74) is 0.348. The van der Waals surface area contributed by atoms with E-state index >= 15 is 0 Å².